The average molecular weight is 861 g/mol. The fourth-order valence-electron chi connectivity index (χ4n) is 6.86. The standard InChI is InChI=1S/C50H84O11/c1-3-5-7-9-11-13-15-17-18-19-20-21-22-23-24-25-26-27-29-30-32-34-36-38-43(51)58-40-42(41-59-50-47(55)45(53)46(54)48(61-50)49(56)57)60-44(52)39-37-35-33-31-28-16-14-12-10-8-6-4-2/h5,7,11-14,17-18,20-21,42,45-48,50,53-55H,3-4,6,8-10,15-16,19,22-41H2,1-2H3,(H,56,57)/b7-5-,13-11-,14-12-,18-17-,21-20-. The van der Waals surface area contributed by atoms with Crippen LogP contribution in [0.15, 0.2) is 60.8 Å². The molecule has 1 heterocycles. The van der Waals surface area contributed by atoms with E-state index in [0.29, 0.717) is 12.8 Å². The minimum absolute atomic E-state index is 0.170. The first-order valence-electron chi connectivity index (χ1n) is 23.8. The van der Waals surface area contributed by atoms with Gasteiger partial charge in [0, 0.05) is 12.8 Å². The highest BCUT2D eigenvalue weighted by Gasteiger charge is 2.47. The topological polar surface area (TPSA) is 169 Å². The fourth-order valence-corrected chi connectivity index (χ4v) is 6.86. The van der Waals surface area contributed by atoms with Crippen LogP contribution in [-0.2, 0) is 33.3 Å². The van der Waals surface area contributed by atoms with E-state index in [9.17, 15) is 34.8 Å². The second kappa shape index (κ2) is 39.7. The van der Waals surface area contributed by atoms with Crippen LogP contribution in [0.25, 0.3) is 0 Å². The largest absolute Gasteiger partial charge is 0.479 e. The van der Waals surface area contributed by atoms with Gasteiger partial charge < -0.3 is 39.4 Å². The number of aliphatic hydroxyl groups excluding tert-OH is 3. The Morgan fingerprint density at radius 3 is 1.48 bits per heavy atom. The van der Waals surface area contributed by atoms with Crippen molar-refractivity contribution in [1.82, 2.24) is 0 Å². The van der Waals surface area contributed by atoms with E-state index in [2.05, 4.69) is 74.6 Å². The molecule has 350 valence electrons. The van der Waals surface area contributed by atoms with Crippen molar-refractivity contribution in [2.75, 3.05) is 13.2 Å². The number of carbonyl (C=O) groups is 3. The smallest absolute Gasteiger partial charge is 0.335 e. The number of rotatable bonds is 39. The number of esters is 2. The van der Waals surface area contributed by atoms with Gasteiger partial charge in [0.25, 0.3) is 0 Å². The lowest BCUT2D eigenvalue weighted by Crippen LogP contribution is -2.60. The molecule has 0 aromatic rings. The summed E-state index contributed by atoms with van der Waals surface area (Å²) in [6, 6.07) is 0. The van der Waals surface area contributed by atoms with Gasteiger partial charge in [-0.3, -0.25) is 9.59 Å². The lowest BCUT2D eigenvalue weighted by molar-refractivity contribution is -0.298. The first-order valence-corrected chi connectivity index (χ1v) is 23.8. The number of unbranched alkanes of at least 4 members (excludes halogenated alkanes) is 18. The molecule has 0 aliphatic carbocycles. The van der Waals surface area contributed by atoms with Gasteiger partial charge in [-0.15, -0.1) is 0 Å². The van der Waals surface area contributed by atoms with Crippen LogP contribution in [0.2, 0.25) is 0 Å². The highest BCUT2D eigenvalue weighted by Crippen LogP contribution is 2.23. The predicted octanol–water partition coefficient (Wildman–Crippen LogP) is 10.7. The Labute approximate surface area is 368 Å². The average Bonchev–Trinajstić information content (AvgIpc) is 3.24. The molecular formula is C50H84O11. The first kappa shape index (κ1) is 55.9. The van der Waals surface area contributed by atoms with Crippen LogP contribution < -0.4 is 0 Å². The normalized spacial score (nSPS) is 20.2. The number of aliphatic carboxylic acids is 1. The number of aliphatic hydroxyl groups is 3. The SMILES string of the molecule is CC/C=C\C/C=C\C/C=C\C/C=C\CCCCCCCCCCCCC(=O)OCC(COC1OC(C(=O)O)C(O)C(O)C1O)OC(=O)CCCCCCC/C=C\CCCCC. The van der Waals surface area contributed by atoms with Gasteiger partial charge >= 0.3 is 17.9 Å². The third-order valence-corrected chi connectivity index (χ3v) is 10.6. The lowest BCUT2D eigenvalue weighted by atomic mass is 9.99. The third-order valence-electron chi connectivity index (χ3n) is 10.6. The summed E-state index contributed by atoms with van der Waals surface area (Å²) in [5.41, 5.74) is 0. The fraction of sp³-hybridized carbons (Fsp3) is 0.740. The van der Waals surface area contributed by atoms with Crippen LogP contribution in [0.5, 0.6) is 0 Å². The molecule has 1 aliphatic rings. The summed E-state index contributed by atoms with van der Waals surface area (Å²) >= 11 is 0. The highest BCUT2D eigenvalue weighted by molar-refractivity contribution is 5.73. The molecule has 6 unspecified atom stereocenters. The molecule has 1 aliphatic heterocycles. The summed E-state index contributed by atoms with van der Waals surface area (Å²) in [7, 11) is 0. The van der Waals surface area contributed by atoms with Crippen molar-refractivity contribution < 1.29 is 53.8 Å². The quantitative estimate of drug-likeness (QED) is 0.0264. The van der Waals surface area contributed by atoms with Crippen LogP contribution >= 0.6 is 0 Å². The summed E-state index contributed by atoms with van der Waals surface area (Å²) in [5.74, 6) is -2.46. The molecule has 0 bridgehead atoms. The van der Waals surface area contributed by atoms with Crippen molar-refractivity contribution in [3.05, 3.63) is 60.8 Å². The Hall–Kier alpha value is -3.09. The van der Waals surface area contributed by atoms with E-state index < -0.39 is 61.3 Å². The highest BCUT2D eigenvalue weighted by atomic mass is 16.7. The van der Waals surface area contributed by atoms with Gasteiger partial charge in [0.05, 0.1) is 6.61 Å². The molecule has 11 nitrogen and oxygen atoms in total. The van der Waals surface area contributed by atoms with Gasteiger partial charge in [-0.25, -0.2) is 4.79 Å². The molecule has 1 saturated heterocycles. The summed E-state index contributed by atoms with van der Waals surface area (Å²) in [4.78, 5) is 36.8. The maximum absolute atomic E-state index is 12.8. The Morgan fingerprint density at radius 2 is 0.967 bits per heavy atom. The number of carboxylic acid groups (broad SMARTS) is 1. The number of ether oxygens (including phenoxy) is 4. The maximum atomic E-state index is 12.8. The zero-order chi connectivity index (χ0) is 44.6. The van der Waals surface area contributed by atoms with E-state index in [1.54, 1.807) is 0 Å². The summed E-state index contributed by atoms with van der Waals surface area (Å²) in [6.45, 7) is 3.66. The van der Waals surface area contributed by atoms with Crippen molar-refractivity contribution in [1.29, 1.82) is 0 Å². The van der Waals surface area contributed by atoms with E-state index in [1.165, 1.54) is 57.8 Å². The van der Waals surface area contributed by atoms with Crippen molar-refractivity contribution >= 4 is 17.9 Å². The van der Waals surface area contributed by atoms with E-state index in [0.717, 1.165) is 89.9 Å². The van der Waals surface area contributed by atoms with Crippen molar-refractivity contribution in [2.24, 2.45) is 0 Å². The molecule has 6 atom stereocenters. The van der Waals surface area contributed by atoms with Crippen molar-refractivity contribution in [2.45, 2.75) is 224 Å². The van der Waals surface area contributed by atoms with E-state index in [-0.39, 0.29) is 19.4 Å². The molecule has 1 fully saturated rings. The van der Waals surface area contributed by atoms with Gasteiger partial charge in [-0.2, -0.15) is 0 Å². The molecule has 0 aromatic heterocycles. The van der Waals surface area contributed by atoms with Crippen LogP contribution in [0.1, 0.15) is 187 Å². The van der Waals surface area contributed by atoms with Gasteiger partial charge in [-0.1, -0.05) is 158 Å². The Bertz CT molecular complexity index is 1240. The van der Waals surface area contributed by atoms with Gasteiger partial charge in [0.1, 0.15) is 24.9 Å². The van der Waals surface area contributed by atoms with Crippen LogP contribution in [-0.4, -0.2) is 88.4 Å². The molecule has 11 heteroatoms. The molecule has 4 N–H and O–H groups in total. The molecular weight excluding hydrogens is 777 g/mol. The molecule has 0 saturated carbocycles. The summed E-state index contributed by atoms with van der Waals surface area (Å²) in [5, 5.41) is 39.8. The molecule has 0 aromatic carbocycles. The van der Waals surface area contributed by atoms with E-state index in [1.807, 2.05) is 0 Å². The number of allylic oxidation sites excluding steroid dienone is 10. The Morgan fingerprint density at radius 1 is 0.525 bits per heavy atom. The maximum Gasteiger partial charge on any atom is 0.335 e. The van der Waals surface area contributed by atoms with Crippen LogP contribution in [0.4, 0.5) is 0 Å². The number of carbonyl (C=O) groups excluding carboxylic acids is 2. The molecule has 0 radical (unpaired) electrons. The monoisotopic (exact) mass is 861 g/mol. The zero-order valence-electron chi connectivity index (χ0n) is 37.9. The van der Waals surface area contributed by atoms with Gasteiger partial charge in [-0.05, 0) is 77.0 Å². The Kier molecular flexibility index (Phi) is 36.4. The molecule has 0 spiro atoms. The number of hydrogen-bond acceptors (Lipinski definition) is 10. The number of hydrogen-bond donors (Lipinski definition) is 4. The summed E-state index contributed by atoms with van der Waals surface area (Å²) < 4.78 is 21.7. The third kappa shape index (κ3) is 31.4. The second-order valence-corrected chi connectivity index (χ2v) is 16.2. The summed E-state index contributed by atoms with van der Waals surface area (Å²) in [6.07, 6.45) is 39.9. The Balaban J connectivity index is 2.29. The second-order valence-electron chi connectivity index (χ2n) is 16.2. The van der Waals surface area contributed by atoms with Crippen LogP contribution in [0.3, 0.4) is 0 Å². The minimum Gasteiger partial charge on any atom is -0.479 e. The van der Waals surface area contributed by atoms with Crippen molar-refractivity contribution in [3.63, 3.8) is 0 Å². The van der Waals surface area contributed by atoms with Crippen LogP contribution in [0, 0.1) is 0 Å². The lowest BCUT2D eigenvalue weighted by Gasteiger charge is -2.38. The molecule has 0 amide bonds. The predicted molar refractivity (Wildman–Crippen MR) is 243 cm³/mol. The van der Waals surface area contributed by atoms with Gasteiger partial charge in [0.15, 0.2) is 18.5 Å². The minimum atomic E-state index is -1.86. The first-order chi connectivity index (χ1) is 29.7. The molecule has 61 heavy (non-hydrogen) atoms. The number of carboxylic acids is 1. The molecule has 1 rings (SSSR count). The van der Waals surface area contributed by atoms with Gasteiger partial charge in [0.2, 0.25) is 0 Å². The van der Waals surface area contributed by atoms with E-state index >= 15 is 0 Å². The zero-order valence-corrected chi connectivity index (χ0v) is 37.9. The van der Waals surface area contributed by atoms with Crippen molar-refractivity contribution in [3.8, 4) is 0 Å². The van der Waals surface area contributed by atoms with E-state index in [4.69, 9.17) is 18.9 Å².